The van der Waals surface area contributed by atoms with Gasteiger partial charge in [-0.1, -0.05) is 19.1 Å². The van der Waals surface area contributed by atoms with Crippen molar-refractivity contribution in [1.82, 2.24) is 15.5 Å². The number of piperidine rings is 1. The predicted octanol–water partition coefficient (Wildman–Crippen LogP) is 3.37. The normalized spacial score (nSPS) is 16.8. The van der Waals surface area contributed by atoms with Gasteiger partial charge in [-0.25, -0.2) is 0 Å². The highest BCUT2D eigenvalue weighted by molar-refractivity contribution is 14.0. The van der Waals surface area contributed by atoms with Gasteiger partial charge in [-0.3, -0.25) is 9.79 Å². The lowest BCUT2D eigenvalue weighted by molar-refractivity contribution is -0.132. The lowest BCUT2D eigenvalue weighted by Crippen LogP contribution is -2.40. The molecule has 164 valence electrons. The molecule has 29 heavy (non-hydrogen) atoms. The van der Waals surface area contributed by atoms with Crippen LogP contribution in [0.25, 0.3) is 0 Å². The van der Waals surface area contributed by atoms with Crippen molar-refractivity contribution in [2.45, 2.75) is 46.5 Å². The van der Waals surface area contributed by atoms with E-state index < -0.39 is 0 Å². The Hall–Kier alpha value is -1.51. The zero-order valence-corrected chi connectivity index (χ0v) is 20.6. The van der Waals surface area contributed by atoms with Gasteiger partial charge in [0, 0.05) is 32.6 Å². The fraction of sp³-hybridized carbons (Fsp3) is 0.636. The van der Waals surface area contributed by atoms with Crippen LogP contribution in [0.2, 0.25) is 0 Å². The summed E-state index contributed by atoms with van der Waals surface area (Å²) in [5, 5.41) is 6.60. The molecule has 0 saturated carbocycles. The molecule has 2 N–H and O–H groups in total. The van der Waals surface area contributed by atoms with Crippen LogP contribution in [0.15, 0.2) is 23.2 Å². The van der Waals surface area contributed by atoms with Gasteiger partial charge < -0.3 is 20.3 Å². The SMILES string of the molecule is CCNC(=NCCC(=O)N1CCCC(C)C1)NCCc1ccc(C)c(OC)c1.I. The third-order valence-electron chi connectivity index (χ3n) is 5.13. The topological polar surface area (TPSA) is 66.0 Å². The van der Waals surface area contributed by atoms with Crippen molar-refractivity contribution >= 4 is 35.8 Å². The smallest absolute Gasteiger partial charge is 0.224 e. The number of guanidine groups is 1. The van der Waals surface area contributed by atoms with Crippen LogP contribution in [-0.2, 0) is 11.2 Å². The van der Waals surface area contributed by atoms with E-state index in [0.29, 0.717) is 18.9 Å². The highest BCUT2D eigenvalue weighted by atomic mass is 127. The molecule has 1 saturated heterocycles. The van der Waals surface area contributed by atoms with E-state index in [-0.39, 0.29) is 29.9 Å². The summed E-state index contributed by atoms with van der Waals surface area (Å²) in [6.07, 6.45) is 3.69. The van der Waals surface area contributed by atoms with E-state index in [0.717, 1.165) is 56.3 Å². The number of carbonyl (C=O) groups is 1. The summed E-state index contributed by atoms with van der Waals surface area (Å²) in [5.74, 6) is 2.52. The van der Waals surface area contributed by atoms with Crippen LogP contribution in [0.1, 0.15) is 44.2 Å². The second-order valence-corrected chi connectivity index (χ2v) is 7.58. The van der Waals surface area contributed by atoms with E-state index in [9.17, 15) is 4.79 Å². The first-order valence-electron chi connectivity index (χ1n) is 10.5. The number of hydrogen-bond acceptors (Lipinski definition) is 3. The van der Waals surface area contributed by atoms with Crippen molar-refractivity contribution in [2.24, 2.45) is 10.9 Å². The van der Waals surface area contributed by atoms with Crippen LogP contribution in [0.4, 0.5) is 0 Å². The quantitative estimate of drug-likeness (QED) is 0.316. The number of aliphatic imine (C=N–C) groups is 1. The number of halogens is 1. The number of aryl methyl sites for hydroxylation is 1. The Labute approximate surface area is 192 Å². The fourth-order valence-electron chi connectivity index (χ4n) is 3.52. The van der Waals surface area contributed by atoms with E-state index in [1.54, 1.807) is 7.11 Å². The number of likely N-dealkylation sites (tertiary alicyclic amines) is 1. The summed E-state index contributed by atoms with van der Waals surface area (Å²) in [4.78, 5) is 18.9. The molecule has 6 nitrogen and oxygen atoms in total. The first-order chi connectivity index (χ1) is 13.5. The summed E-state index contributed by atoms with van der Waals surface area (Å²) in [5.41, 5.74) is 2.36. The van der Waals surface area contributed by atoms with Crippen LogP contribution in [0.3, 0.4) is 0 Å². The van der Waals surface area contributed by atoms with E-state index >= 15 is 0 Å². The van der Waals surface area contributed by atoms with Gasteiger partial charge in [0.1, 0.15) is 5.75 Å². The number of methoxy groups -OCH3 is 1. The Morgan fingerprint density at radius 2 is 2.14 bits per heavy atom. The lowest BCUT2D eigenvalue weighted by atomic mass is 10.00. The standard InChI is InChI=1S/C22H36N4O2.HI/c1-5-23-22(24-12-10-19-9-8-18(3)20(15-19)28-4)25-13-11-21(27)26-14-6-7-17(2)16-26;/h8-9,15,17H,5-7,10-14,16H2,1-4H3,(H2,23,24,25);1H. The average molecular weight is 516 g/mol. The number of carbonyl (C=O) groups excluding carboxylic acids is 1. The van der Waals surface area contributed by atoms with Crippen molar-refractivity contribution < 1.29 is 9.53 Å². The molecule has 1 unspecified atom stereocenters. The summed E-state index contributed by atoms with van der Waals surface area (Å²) >= 11 is 0. The van der Waals surface area contributed by atoms with Crippen LogP contribution in [0.5, 0.6) is 5.75 Å². The van der Waals surface area contributed by atoms with Gasteiger partial charge in [-0.2, -0.15) is 0 Å². The number of ether oxygens (including phenoxy) is 1. The zero-order chi connectivity index (χ0) is 20.4. The highest BCUT2D eigenvalue weighted by Gasteiger charge is 2.20. The third kappa shape index (κ3) is 8.80. The first-order valence-corrected chi connectivity index (χ1v) is 10.5. The van der Waals surface area contributed by atoms with Crippen molar-refractivity contribution in [3.8, 4) is 5.75 Å². The molecule has 1 fully saturated rings. The monoisotopic (exact) mass is 516 g/mol. The molecule has 0 bridgehead atoms. The predicted molar refractivity (Wildman–Crippen MR) is 130 cm³/mol. The summed E-state index contributed by atoms with van der Waals surface area (Å²) < 4.78 is 5.39. The van der Waals surface area contributed by atoms with Gasteiger partial charge in [0.2, 0.25) is 5.91 Å². The van der Waals surface area contributed by atoms with Crippen LogP contribution >= 0.6 is 24.0 Å². The second-order valence-electron chi connectivity index (χ2n) is 7.58. The molecule has 7 heteroatoms. The first kappa shape index (κ1) is 25.5. The van der Waals surface area contributed by atoms with Gasteiger partial charge in [0.05, 0.1) is 13.7 Å². The van der Waals surface area contributed by atoms with Crippen LogP contribution in [0, 0.1) is 12.8 Å². The van der Waals surface area contributed by atoms with E-state index in [1.165, 1.54) is 12.0 Å². The summed E-state index contributed by atoms with van der Waals surface area (Å²) in [6, 6.07) is 6.29. The minimum Gasteiger partial charge on any atom is -0.496 e. The molecule has 0 aromatic heterocycles. The Balaban J connectivity index is 0.00000420. The Kier molecular flexibility index (Phi) is 12.0. The van der Waals surface area contributed by atoms with E-state index in [1.807, 2.05) is 18.7 Å². The number of hydrogen-bond donors (Lipinski definition) is 2. The Morgan fingerprint density at radius 3 is 2.83 bits per heavy atom. The minimum atomic E-state index is 0. The third-order valence-corrected chi connectivity index (χ3v) is 5.13. The average Bonchev–Trinajstić information content (AvgIpc) is 2.69. The molecule has 1 aromatic rings. The minimum absolute atomic E-state index is 0. The van der Waals surface area contributed by atoms with Crippen LogP contribution in [-0.4, -0.2) is 56.6 Å². The molecule has 1 aromatic carbocycles. The van der Waals surface area contributed by atoms with Crippen molar-refractivity contribution in [3.63, 3.8) is 0 Å². The number of benzene rings is 1. The van der Waals surface area contributed by atoms with Gasteiger partial charge in [0.15, 0.2) is 5.96 Å². The number of rotatable bonds is 8. The molecule has 0 spiro atoms. The van der Waals surface area contributed by atoms with Gasteiger partial charge in [-0.05, 0) is 56.2 Å². The Morgan fingerprint density at radius 1 is 1.34 bits per heavy atom. The van der Waals surface area contributed by atoms with Crippen molar-refractivity contribution in [1.29, 1.82) is 0 Å². The number of nitrogens with one attached hydrogen (secondary N) is 2. The molecule has 1 aliphatic heterocycles. The fourth-order valence-corrected chi connectivity index (χ4v) is 3.52. The zero-order valence-electron chi connectivity index (χ0n) is 18.3. The summed E-state index contributed by atoms with van der Waals surface area (Å²) in [6.45, 7) is 10.2. The molecular formula is C22H37IN4O2. The van der Waals surface area contributed by atoms with Crippen LogP contribution < -0.4 is 15.4 Å². The number of nitrogens with zero attached hydrogens (tertiary/aromatic N) is 2. The van der Waals surface area contributed by atoms with Crippen molar-refractivity contribution in [3.05, 3.63) is 29.3 Å². The molecule has 1 heterocycles. The molecule has 1 amide bonds. The van der Waals surface area contributed by atoms with Gasteiger partial charge in [-0.15, -0.1) is 24.0 Å². The van der Waals surface area contributed by atoms with E-state index in [4.69, 9.17) is 4.74 Å². The molecule has 1 aliphatic rings. The lowest BCUT2D eigenvalue weighted by Gasteiger charge is -2.30. The Bertz CT molecular complexity index is 666. The maximum Gasteiger partial charge on any atom is 0.224 e. The molecule has 1 atom stereocenters. The molecule has 2 rings (SSSR count). The molecule has 0 radical (unpaired) electrons. The molecule has 0 aliphatic carbocycles. The molecular weight excluding hydrogens is 479 g/mol. The van der Waals surface area contributed by atoms with Gasteiger partial charge >= 0.3 is 0 Å². The van der Waals surface area contributed by atoms with Crippen molar-refractivity contribution in [2.75, 3.05) is 39.8 Å². The second kappa shape index (κ2) is 13.7. The largest absolute Gasteiger partial charge is 0.496 e. The van der Waals surface area contributed by atoms with E-state index in [2.05, 4.69) is 40.7 Å². The van der Waals surface area contributed by atoms with Gasteiger partial charge in [0.25, 0.3) is 0 Å². The summed E-state index contributed by atoms with van der Waals surface area (Å²) in [7, 11) is 1.70. The number of amides is 1. The highest BCUT2D eigenvalue weighted by Crippen LogP contribution is 2.19. The maximum absolute atomic E-state index is 12.4. The maximum atomic E-state index is 12.4.